The van der Waals surface area contributed by atoms with Gasteiger partial charge in [-0.15, -0.1) is 0 Å². The molecular weight excluding hydrogens is 468 g/mol. The third kappa shape index (κ3) is 6.29. The Hall–Kier alpha value is -4.60. The van der Waals surface area contributed by atoms with Crippen molar-refractivity contribution in [2.75, 3.05) is 28.4 Å². The second-order valence-corrected chi connectivity index (χ2v) is 7.33. The van der Waals surface area contributed by atoms with Crippen molar-refractivity contribution in [3.63, 3.8) is 0 Å². The van der Waals surface area contributed by atoms with E-state index in [0.29, 0.717) is 34.8 Å². The zero-order valence-corrected chi connectivity index (χ0v) is 20.8. The maximum Gasteiger partial charge on any atom is 0.363 e. The zero-order chi connectivity index (χ0) is 26.2. The Morgan fingerprint density at radius 2 is 0.972 bits per heavy atom. The Morgan fingerprint density at radius 3 is 1.25 bits per heavy atom. The molecule has 0 N–H and O–H groups in total. The molecule has 36 heavy (non-hydrogen) atoms. The number of nitrogens with zero attached hydrogens (tertiary/aromatic N) is 2. The third-order valence-electron chi connectivity index (χ3n) is 4.88. The van der Waals surface area contributed by atoms with E-state index in [1.165, 1.54) is 0 Å². The molecule has 10 heteroatoms. The van der Waals surface area contributed by atoms with Gasteiger partial charge in [-0.2, -0.15) is 0 Å². The third-order valence-corrected chi connectivity index (χ3v) is 4.88. The fourth-order valence-electron chi connectivity index (χ4n) is 3.23. The van der Waals surface area contributed by atoms with Crippen LogP contribution < -0.4 is 18.9 Å². The number of rotatable bonds is 6. The van der Waals surface area contributed by atoms with Crippen molar-refractivity contribution < 1.29 is 38.0 Å². The van der Waals surface area contributed by atoms with Gasteiger partial charge in [-0.25, -0.2) is 19.6 Å². The molecule has 0 amide bonds. The minimum atomic E-state index is -0.442. The summed E-state index contributed by atoms with van der Waals surface area (Å²) in [5.41, 5.74) is 2.13. The predicted octanol–water partition coefficient (Wildman–Crippen LogP) is 4.04. The highest BCUT2D eigenvalue weighted by atomic mass is 16.6. The first-order valence-corrected chi connectivity index (χ1v) is 10.7. The maximum absolute atomic E-state index is 11.4. The van der Waals surface area contributed by atoms with Crippen molar-refractivity contribution in [1.29, 1.82) is 0 Å². The summed E-state index contributed by atoms with van der Waals surface area (Å²) < 4.78 is 30.3. The van der Waals surface area contributed by atoms with Crippen LogP contribution in [0.5, 0.6) is 23.0 Å². The average Bonchev–Trinajstić information content (AvgIpc) is 3.36. The van der Waals surface area contributed by atoms with E-state index in [-0.39, 0.29) is 11.4 Å². The molecule has 0 aliphatic carbocycles. The van der Waals surface area contributed by atoms with Crippen LogP contribution in [0.25, 0.3) is 12.2 Å². The predicted molar refractivity (Wildman–Crippen MR) is 133 cm³/mol. The summed E-state index contributed by atoms with van der Waals surface area (Å²) in [5, 5.41) is 0. The van der Waals surface area contributed by atoms with Crippen LogP contribution >= 0.6 is 0 Å². The van der Waals surface area contributed by atoms with Crippen molar-refractivity contribution in [3.05, 3.63) is 58.9 Å². The lowest BCUT2D eigenvalue weighted by molar-refractivity contribution is -0.130. The largest absolute Gasteiger partial charge is 0.493 e. The summed E-state index contributed by atoms with van der Waals surface area (Å²) in [5.74, 6) is 2.28. The molecule has 2 aliphatic heterocycles. The molecule has 0 bridgehead atoms. The van der Waals surface area contributed by atoms with Crippen molar-refractivity contribution >= 4 is 35.9 Å². The molecule has 0 radical (unpaired) electrons. The number of carbonyl (C=O) groups excluding carboxylic acids is 2. The molecule has 0 aromatic heterocycles. The first-order valence-electron chi connectivity index (χ1n) is 10.7. The van der Waals surface area contributed by atoms with Gasteiger partial charge in [0.2, 0.25) is 0 Å². The first kappa shape index (κ1) is 26.0. The van der Waals surface area contributed by atoms with Gasteiger partial charge in [0.15, 0.2) is 46.2 Å². The lowest BCUT2D eigenvalue weighted by Crippen LogP contribution is -1.99. The number of cyclic esters (lactones) is 2. The van der Waals surface area contributed by atoms with Crippen molar-refractivity contribution in [1.82, 2.24) is 0 Å². The summed E-state index contributed by atoms with van der Waals surface area (Å²) in [4.78, 5) is 30.8. The summed E-state index contributed by atoms with van der Waals surface area (Å²) >= 11 is 0. The lowest BCUT2D eigenvalue weighted by atomic mass is 10.1. The van der Waals surface area contributed by atoms with Crippen LogP contribution in [0.4, 0.5) is 0 Å². The van der Waals surface area contributed by atoms with Gasteiger partial charge in [0, 0.05) is 13.8 Å². The number of aliphatic imine (C=N–C) groups is 2. The molecule has 0 unspecified atom stereocenters. The zero-order valence-electron chi connectivity index (χ0n) is 20.8. The van der Waals surface area contributed by atoms with Crippen molar-refractivity contribution in [2.45, 2.75) is 13.8 Å². The fraction of sp³-hybridized carbons (Fsp3) is 0.231. The van der Waals surface area contributed by atoms with Crippen LogP contribution in [0.15, 0.2) is 57.8 Å². The van der Waals surface area contributed by atoms with Gasteiger partial charge in [0.25, 0.3) is 0 Å². The number of hydrogen-bond donors (Lipinski definition) is 0. The molecule has 2 aliphatic rings. The molecule has 0 spiro atoms. The van der Waals surface area contributed by atoms with Crippen LogP contribution in [-0.2, 0) is 19.1 Å². The molecular formula is C26H26N2O8. The number of esters is 2. The van der Waals surface area contributed by atoms with Gasteiger partial charge in [-0.1, -0.05) is 12.1 Å². The van der Waals surface area contributed by atoms with Crippen LogP contribution in [0, 0.1) is 0 Å². The minimum Gasteiger partial charge on any atom is -0.493 e. The number of methoxy groups -OCH3 is 4. The Kier molecular flexibility index (Phi) is 8.45. The Morgan fingerprint density at radius 1 is 0.611 bits per heavy atom. The van der Waals surface area contributed by atoms with Crippen molar-refractivity contribution in [3.8, 4) is 23.0 Å². The monoisotopic (exact) mass is 494 g/mol. The quantitative estimate of drug-likeness (QED) is 0.437. The van der Waals surface area contributed by atoms with Crippen molar-refractivity contribution in [2.24, 2.45) is 9.98 Å². The molecule has 0 saturated heterocycles. The van der Waals surface area contributed by atoms with E-state index in [0.717, 1.165) is 11.1 Å². The number of benzene rings is 2. The van der Waals surface area contributed by atoms with Gasteiger partial charge in [0.1, 0.15) is 0 Å². The summed E-state index contributed by atoms with van der Waals surface area (Å²) in [7, 11) is 6.25. The molecule has 188 valence electrons. The standard InChI is InChI=1S/2C13H13NO4/c2*1-8-14-10(13(15)18-8)6-9-4-5-11(16-2)12(7-9)17-3/h2*4-7H,1-3H3. The summed E-state index contributed by atoms with van der Waals surface area (Å²) in [6.07, 6.45) is 3.28. The number of hydrogen-bond acceptors (Lipinski definition) is 10. The van der Waals surface area contributed by atoms with Gasteiger partial charge >= 0.3 is 11.9 Å². The van der Waals surface area contributed by atoms with Gasteiger partial charge < -0.3 is 28.4 Å². The van der Waals surface area contributed by atoms with E-state index < -0.39 is 11.9 Å². The molecule has 0 fully saturated rings. The second kappa shape index (κ2) is 11.7. The van der Waals surface area contributed by atoms with Crippen LogP contribution in [-0.4, -0.2) is 52.2 Å². The highest BCUT2D eigenvalue weighted by molar-refractivity contribution is 6.07. The van der Waals surface area contributed by atoms with Crippen LogP contribution in [0.2, 0.25) is 0 Å². The van der Waals surface area contributed by atoms with Crippen LogP contribution in [0.1, 0.15) is 25.0 Å². The molecule has 10 nitrogen and oxygen atoms in total. The average molecular weight is 495 g/mol. The van der Waals surface area contributed by atoms with E-state index >= 15 is 0 Å². The van der Waals surface area contributed by atoms with Gasteiger partial charge in [-0.05, 0) is 47.5 Å². The molecule has 0 saturated carbocycles. The van der Waals surface area contributed by atoms with Gasteiger partial charge in [0.05, 0.1) is 28.4 Å². The maximum atomic E-state index is 11.4. The highest BCUT2D eigenvalue weighted by Crippen LogP contribution is 2.30. The normalized spacial score (nSPS) is 16.5. The number of carbonyl (C=O) groups is 2. The topological polar surface area (TPSA) is 114 Å². The summed E-state index contributed by atoms with van der Waals surface area (Å²) in [6, 6.07) is 10.7. The minimum absolute atomic E-state index is 0.278. The fourth-order valence-corrected chi connectivity index (χ4v) is 3.23. The molecule has 2 aromatic rings. The lowest BCUT2D eigenvalue weighted by Gasteiger charge is -2.07. The summed E-state index contributed by atoms with van der Waals surface area (Å²) in [6.45, 7) is 3.26. The molecule has 4 rings (SSSR count). The first-order chi connectivity index (χ1) is 17.3. The van der Waals surface area contributed by atoms with E-state index in [2.05, 4.69) is 9.98 Å². The number of ether oxygens (including phenoxy) is 6. The SMILES string of the molecule is COc1ccc(C=C2N=C(C)OC2=O)cc1OC.COc1ccc(C=C2N=C(C)OC2=O)cc1OC. The Balaban J connectivity index is 0.000000201. The van der Waals surface area contributed by atoms with E-state index in [4.69, 9.17) is 28.4 Å². The van der Waals surface area contributed by atoms with E-state index in [1.54, 1.807) is 78.7 Å². The van der Waals surface area contributed by atoms with Crippen LogP contribution in [0.3, 0.4) is 0 Å². The molecule has 0 atom stereocenters. The van der Waals surface area contributed by atoms with Gasteiger partial charge in [-0.3, -0.25) is 0 Å². The Labute approximate surface area is 208 Å². The molecule has 2 heterocycles. The molecule has 2 aromatic carbocycles. The van der Waals surface area contributed by atoms with E-state index in [9.17, 15) is 9.59 Å². The van der Waals surface area contributed by atoms with E-state index in [1.807, 2.05) is 12.1 Å². The second-order valence-electron chi connectivity index (χ2n) is 7.33. The smallest absolute Gasteiger partial charge is 0.363 e. The Bertz CT molecular complexity index is 1190. The highest BCUT2D eigenvalue weighted by Gasteiger charge is 2.20.